The number of nitrogens with two attached hydrogens (primary N) is 1. The molecular weight excluding hydrogens is 411 g/mol. The van der Waals surface area contributed by atoms with E-state index in [1.165, 1.54) is 7.11 Å². The van der Waals surface area contributed by atoms with Gasteiger partial charge in [-0.1, -0.05) is 45.0 Å². The average Bonchev–Trinajstić information content (AvgIpc) is 3.18. The zero-order chi connectivity index (χ0) is 23.0. The Balaban J connectivity index is 1.66. The Kier molecular flexibility index (Phi) is 5.30. The maximum absolute atomic E-state index is 14.7. The van der Waals surface area contributed by atoms with Crippen LogP contribution in [-0.4, -0.2) is 23.0 Å². The summed E-state index contributed by atoms with van der Waals surface area (Å²) in [6.07, 6.45) is 0. The van der Waals surface area contributed by atoms with E-state index in [4.69, 9.17) is 10.2 Å². The van der Waals surface area contributed by atoms with Gasteiger partial charge in [0.1, 0.15) is 11.3 Å². The van der Waals surface area contributed by atoms with E-state index in [0.717, 1.165) is 5.56 Å². The Morgan fingerprint density at radius 1 is 1.09 bits per heavy atom. The van der Waals surface area contributed by atoms with E-state index in [2.05, 4.69) is 40.8 Å². The zero-order valence-electron chi connectivity index (χ0n) is 18.2. The molecular formula is C24H23FN4O3. The topological polar surface area (TPSA) is 103 Å². The fourth-order valence-electron chi connectivity index (χ4n) is 3.29. The van der Waals surface area contributed by atoms with Crippen molar-refractivity contribution in [3.8, 4) is 11.3 Å². The Morgan fingerprint density at radius 3 is 2.47 bits per heavy atom. The van der Waals surface area contributed by atoms with Gasteiger partial charge in [-0.3, -0.25) is 0 Å². The summed E-state index contributed by atoms with van der Waals surface area (Å²) in [5.74, 6) is -1.24. The molecule has 2 aromatic carbocycles. The lowest BCUT2D eigenvalue weighted by Crippen LogP contribution is -2.10. The number of fused-ring (bicyclic) bond motifs is 1. The van der Waals surface area contributed by atoms with E-state index in [9.17, 15) is 9.18 Å². The molecule has 0 spiro atoms. The fourth-order valence-corrected chi connectivity index (χ4v) is 3.29. The number of benzene rings is 2. The van der Waals surface area contributed by atoms with E-state index in [-0.39, 0.29) is 28.6 Å². The number of aromatic nitrogens is 2. The fraction of sp³-hybridized carbons (Fsp3) is 0.208. The Bertz CT molecular complexity index is 1310. The second-order valence-electron chi connectivity index (χ2n) is 8.40. The summed E-state index contributed by atoms with van der Waals surface area (Å²) in [5, 5.41) is 3.72. The molecule has 0 bridgehead atoms. The molecule has 0 saturated carbocycles. The molecule has 0 unspecified atom stereocenters. The lowest BCUT2D eigenvalue weighted by Gasteiger charge is -2.19. The molecule has 0 fully saturated rings. The van der Waals surface area contributed by atoms with Crippen LogP contribution in [0.25, 0.3) is 22.2 Å². The van der Waals surface area contributed by atoms with Crippen molar-refractivity contribution in [2.45, 2.75) is 26.2 Å². The van der Waals surface area contributed by atoms with Gasteiger partial charge in [-0.15, -0.1) is 0 Å². The van der Waals surface area contributed by atoms with Crippen molar-refractivity contribution >= 4 is 34.4 Å². The molecule has 4 aromatic rings. The third kappa shape index (κ3) is 4.12. The molecule has 2 heterocycles. The van der Waals surface area contributed by atoms with Gasteiger partial charge in [0.25, 0.3) is 0 Å². The van der Waals surface area contributed by atoms with Gasteiger partial charge in [-0.2, -0.15) is 4.98 Å². The van der Waals surface area contributed by atoms with Gasteiger partial charge in [-0.25, -0.2) is 14.2 Å². The minimum absolute atomic E-state index is 0.0199. The number of carbonyl (C=O) groups is 1. The quantitative estimate of drug-likeness (QED) is 0.412. The highest BCUT2D eigenvalue weighted by atomic mass is 19.1. The minimum Gasteiger partial charge on any atom is -0.463 e. The van der Waals surface area contributed by atoms with Crippen LogP contribution in [0.4, 0.5) is 21.8 Å². The number of furan rings is 1. The van der Waals surface area contributed by atoms with Gasteiger partial charge in [-0.05, 0) is 35.2 Å². The van der Waals surface area contributed by atoms with Crippen LogP contribution in [0.2, 0.25) is 0 Å². The molecule has 0 aliphatic rings. The summed E-state index contributed by atoms with van der Waals surface area (Å²) in [6, 6.07) is 14.3. The van der Waals surface area contributed by atoms with Crippen molar-refractivity contribution in [3.63, 3.8) is 0 Å². The molecule has 0 atom stereocenters. The van der Waals surface area contributed by atoms with Crippen LogP contribution in [0.15, 0.2) is 52.9 Å². The molecule has 2 aromatic heterocycles. The average molecular weight is 434 g/mol. The number of nitrogens with zero attached hydrogens (tertiary/aromatic N) is 2. The standard InChI is InChI=1S/C24H23FN4O3/c1-24(2,3)15-7-5-13(6-8-15)20-19(25)21(26)29-23(28-20)27-16-9-10-17-14(11-16)12-18(32-17)22(30)31-4/h5-12H,1-4H3,(H3,26,27,28,29). The minimum atomic E-state index is -0.674. The van der Waals surface area contributed by atoms with Crippen molar-refractivity contribution in [2.24, 2.45) is 0 Å². The van der Waals surface area contributed by atoms with Crippen LogP contribution < -0.4 is 11.1 Å². The first-order chi connectivity index (χ1) is 15.2. The van der Waals surface area contributed by atoms with Gasteiger partial charge in [0.2, 0.25) is 11.7 Å². The van der Waals surface area contributed by atoms with E-state index in [0.29, 0.717) is 22.2 Å². The SMILES string of the molecule is COC(=O)c1cc2cc(Nc3nc(N)c(F)c(-c4ccc(C(C)(C)C)cc4)n3)ccc2o1. The molecule has 0 aliphatic heterocycles. The number of halogens is 1. The number of nitrogens with one attached hydrogen (secondary N) is 1. The van der Waals surface area contributed by atoms with Crippen LogP contribution in [-0.2, 0) is 10.2 Å². The molecule has 0 radical (unpaired) electrons. The van der Waals surface area contributed by atoms with Crippen molar-refractivity contribution in [2.75, 3.05) is 18.2 Å². The van der Waals surface area contributed by atoms with Gasteiger partial charge < -0.3 is 20.2 Å². The second kappa shape index (κ2) is 7.96. The number of nitrogen functional groups attached to an aromatic ring is 1. The third-order valence-corrected chi connectivity index (χ3v) is 5.06. The first kappa shape index (κ1) is 21.3. The first-order valence-corrected chi connectivity index (χ1v) is 9.98. The van der Waals surface area contributed by atoms with Crippen LogP contribution >= 0.6 is 0 Å². The summed E-state index contributed by atoms with van der Waals surface area (Å²) in [5.41, 5.74) is 8.78. The maximum Gasteiger partial charge on any atom is 0.373 e. The number of hydrogen-bond acceptors (Lipinski definition) is 7. The lowest BCUT2D eigenvalue weighted by atomic mass is 9.86. The van der Waals surface area contributed by atoms with E-state index >= 15 is 0 Å². The number of carbonyl (C=O) groups excluding carboxylic acids is 1. The highest BCUT2D eigenvalue weighted by molar-refractivity contribution is 5.93. The summed E-state index contributed by atoms with van der Waals surface area (Å²) in [4.78, 5) is 20.0. The Hall–Kier alpha value is -3.94. The highest BCUT2D eigenvalue weighted by Crippen LogP contribution is 2.30. The van der Waals surface area contributed by atoms with Gasteiger partial charge in [0.15, 0.2) is 11.6 Å². The van der Waals surface area contributed by atoms with Crippen molar-refractivity contribution in [3.05, 3.63) is 65.7 Å². The smallest absolute Gasteiger partial charge is 0.373 e. The van der Waals surface area contributed by atoms with Gasteiger partial charge >= 0.3 is 5.97 Å². The van der Waals surface area contributed by atoms with Crippen molar-refractivity contribution in [1.29, 1.82) is 0 Å². The molecule has 0 aliphatic carbocycles. The molecule has 8 heteroatoms. The zero-order valence-corrected chi connectivity index (χ0v) is 18.2. The van der Waals surface area contributed by atoms with Crippen molar-refractivity contribution in [1.82, 2.24) is 9.97 Å². The van der Waals surface area contributed by atoms with E-state index < -0.39 is 11.8 Å². The maximum atomic E-state index is 14.7. The predicted octanol–water partition coefficient (Wildman–Crippen LogP) is 5.44. The summed E-state index contributed by atoms with van der Waals surface area (Å²) >= 11 is 0. The summed E-state index contributed by atoms with van der Waals surface area (Å²) in [7, 11) is 1.28. The normalized spacial score (nSPS) is 11.5. The Morgan fingerprint density at radius 2 is 1.81 bits per heavy atom. The monoisotopic (exact) mass is 434 g/mol. The van der Waals surface area contributed by atoms with Crippen LogP contribution in [0.5, 0.6) is 0 Å². The number of ether oxygens (including phenoxy) is 1. The molecule has 4 rings (SSSR count). The lowest BCUT2D eigenvalue weighted by molar-refractivity contribution is 0.0567. The highest BCUT2D eigenvalue weighted by Gasteiger charge is 2.18. The number of hydrogen-bond donors (Lipinski definition) is 2. The molecule has 0 saturated heterocycles. The molecule has 7 nitrogen and oxygen atoms in total. The Labute approximate surface area is 184 Å². The second-order valence-corrected chi connectivity index (χ2v) is 8.40. The van der Waals surface area contributed by atoms with Crippen LogP contribution in [0.1, 0.15) is 36.9 Å². The predicted molar refractivity (Wildman–Crippen MR) is 121 cm³/mol. The molecule has 164 valence electrons. The van der Waals surface area contributed by atoms with E-state index in [1.807, 2.05) is 24.3 Å². The van der Waals surface area contributed by atoms with Crippen molar-refractivity contribution < 1.29 is 18.3 Å². The van der Waals surface area contributed by atoms with Crippen LogP contribution in [0, 0.1) is 5.82 Å². The largest absolute Gasteiger partial charge is 0.463 e. The van der Waals surface area contributed by atoms with Crippen LogP contribution in [0.3, 0.4) is 0 Å². The molecule has 3 N–H and O–H groups in total. The summed E-state index contributed by atoms with van der Waals surface area (Å²) in [6.45, 7) is 6.33. The number of methoxy groups -OCH3 is 1. The molecule has 32 heavy (non-hydrogen) atoms. The number of anilines is 3. The van der Waals surface area contributed by atoms with Gasteiger partial charge in [0, 0.05) is 16.6 Å². The third-order valence-electron chi connectivity index (χ3n) is 5.06. The number of esters is 1. The molecule has 0 amide bonds. The van der Waals surface area contributed by atoms with E-state index in [1.54, 1.807) is 24.3 Å². The first-order valence-electron chi connectivity index (χ1n) is 9.98. The summed E-state index contributed by atoms with van der Waals surface area (Å²) < 4.78 is 24.9. The number of rotatable bonds is 4. The van der Waals surface area contributed by atoms with Gasteiger partial charge in [0.05, 0.1) is 7.11 Å².